The Morgan fingerprint density at radius 2 is 2.00 bits per heavy atom. The molecule has 0 radical (unpaired) electrons. The van der Waals surface area contributed by atoms with E-state index in [1.807, 2.05) is 13.8 Å². The van der Waals surface area contributed by atoms with Gasteiger partial charge in [-0.2, -0.15) is 0 Å². The molecule has 1 fully saturated rings. The summed E-state index contributed by atoms with van der Waals surface area (Å²) in [4.78, 5) is 25.0. The van der Waals surface area contributed by atoms with E-state index in [9.17, 15) is 14.0 Å². The molecular weight excluding hydrogens is 443 g/mol. The van der Waals surface area contributed by atoms with Crippen molar-refractivity contribution < 1.29 is 23.5 Å². The van der Waals surface area contributed by atoms with Gasteiger partial charge in [0, 0.05) is 0 Å². The zero-order valence-corrected chi connectivity index (χ0v) is 17.7. The van der Waals surface area contributed by atoms with Gasteiger partial charge in [-0.1, -0.05) is 19.9 Å². The molecule has 6 nitrogen and oxygen atoms in total. The number of hydrogen-bond donors (Lipinski definition) is 1. The number of methoxy groups -OCH3 is 1. The SMILES string of the molecule is COc1cc(/C=C2/C(=O)NN(c3cccc(F)c3)C2=O)cc(Br)c1OCC(C)C. The third kappa shape index (κ3) is 4.59. The molecule has 0 spiro atoms. The molecule has 0 atom stereocenters. The highest BCUT2D eigenvalue weighted by atomic mass is 79.9. The van der Waals surface area contributed by atoms with Crippen LogP contribution in [0.5, 0.6) is 11.5 Å². The number of ether oxygens (including phenoxy) is 2. The second-order valence-electron chi connectivity index (χ2n) is 6.86. The Hall–Kier alpha value is -2.87. The number of carbonyl (C=O) groups excluding carboxylic acids is 2. The van der Waals surface area contributed by atoms with Crippen LogP contribution in [0.15, 0.2) is 46.4 Å². The van der Waals surface area contributed by atoms with E-state index >= 15 is 0 Å². The average Bonchev–Trinajstić information content (AvgIpc) is 2.95. The molecule has 1 aliphatic heterocycles. The minimum Gasteiger partial charge on any atom is -0.493 e. The monoisotopic (exact) mass is 462 g/mol. The molecule has 3 rings (SSSR count). The van der Waals surface area contributed by atoms with Crippen molar-refractivity contribution in [2.75, 3.05) is 18.7 Å². The highest BCUT2D eigenvalue weighted by molar-refractivity contribution is 9.10. The van der Waals surface area contributed by atoms with Crippen LogP contribution in [0.1, 0.15) is 19.4 Å². The van der Waals surface area contributed by atoms with E-state index in [1.165, 1.54) is 37.5 Å². The van der Waals surface area contributed by atoms with E-state index in [0.29, 0.717) is 34.1 Å². The topological polar surface area (TPSA) is 67.9 Å². The summed E-state index contributed by atoms with van der Waals surface area (Å²) in [5, 5.41) is 1.02. The van der Waals surface area contributed by atoms with Crippen molar-refractivity contribution >= 4 is 39.5 Å². The lowest BCUT2D eigenvalue weighted by Gasteiger charge is -2.15. The second-order valence-corrected chi connectivity index (χ2v) is 7.71. The smallest absolute Gasteiger partial charge is 0.282 e. The van der Waals surface area contributed by atoms with Crippen LogP contribution >= 0.6 is 15.9 Å². The number of nitrogens with one attached hydrogen (secondary N) is 1. The zero-order valence-electron chi connectivity index (χ0n) is 16.2. The molecule has 0 bridgehead atoms. The summed E-state index contributed by atoms with van der Waals surface area (Å²) in [7, 11) is 1.51. The first kappa shape index (κ1) is 20.9. The Morgan fingerprint density at radius 3 is 2.66 bits per heavy atom. The summed E-state index contributed by atoms with van der Waals surface area (Å²) < 4.78 is 25.3. The van der Waals surface area contributed by atoms with Crippen LogP contribution in [-0.4, -0.2) is 25.5 Å². The molecular formula is C21H20BrFN2O4. The molecule has 0 aromatic heterocycles. The van der Waals surface area contributed by atoms with E-state index in [1.54, 1.807) is 12.1 Å². The summed E-state index contributed by atoms with van der Waals surface area (Å²) in [5.74, 6) is -0.299. The maximum Gasteiger partial charge on any atom is 0.282 e. The lowest BCUT2D eigenvalue weighted by molar-refractivity contribution is -0.117. The summed E-state index contributed by atoms with van der Waals surface area (Å²) in [6.45, 7) is 4.58. The molecule has 2 aromatic carbocycles. The van der Waals surface area contributed by atoms with Gasteiger partial charge >= 0.3 is 0 Å². The molecule has 29 heavy (non-hydrogen) atoms. The maximum absolute atomic E-state index is 13.5. The van der Waals surface area contributed by atoms with Gasteiger partial charge in [0.25, 0.3) is 11.8 Å². The van der Waals surface area contributed by atoms with Gasteiger partial charge in [0.15, 0.2) is 11.5 Å². The molecule has 8 heteroatoms. The molecule has 152 valence electrons. The third-order valence-electron chi connectivity index (χ3n) is 4.08. The minimum absolute atomic E-state index is 0.0703. The number of hydrogen-bond acceptors (Lipinski definition) is 4. The Morgan fingerprint density at radius 1 is 1.24 bits per heavy atom. The largest absolute Gasteiger partial charge is 0.493 e. The Bertz CT molecular complexity index is 991. The fraction of sp³-hybridized carbons (Fsp3) is 0.238. The van der Waals surface area contributed by atoms with Gasteiger partial charge in [0.1, 0.15) is 11.4 Å². The third-order valence-corrected chi connectivity index (χ3v) is 4.67. The summed E-state index contributed by atoms with van der Waals surface area (Å²) in [5.41, 5.74) is 3.19. The first-order valence-electron chi connectivity index (χ1n) is 8.93. The van der Waals surface area contributed by atoms with Gasteiger partial charge in [-0.05, 0) is 63.8 Å². The number of halogens is 2. The fourth-order valence-corrected chi connectivity index (χ4v) is 3.31. The fourth-order valence-electron chi connectivity index (χ4n) is 2.73. The predicted molar refractivity (Wildman–Crippen MR) is 111 cm³/mol. The number of rotatable bonds is 6. The highest BCUT2D eigenvalue weighted by Crippen LogP contribution is 2.37. The van der Waals surface area contributed by atoms with Crippen LogP contribution in [0.3, 0.4) is 0 Å². The average molecular weight is 463 g/mol. The Kier molecular flexibility index (Phi) is 6.22. The molecule has 1 saturated heterocycles. The number of amides is 2. The maximum atomic E-state index is 13.5. The lowest BCUT2D eigenvalue weighted by atomic mass is 10.1. The number of hydrazine groups is 1. The highest BCUT2D eigenvalue weighted by Gasteiger charge is 2.34. The van der Waals surface area contributed by atoms with Gasteiger partial charge in [-0.3, -0.25) is 15.0 Å². The number of nitrogens with zero attached hydrogens (tertiary/aromatic N) is 1. The second kappa shape index (κ2) is 8.65. The van der Waals surface area contributed by atoms with Crippen LogP contribution in [0.2, 0.25) is 0 Å². The first-order valence-corrected chi connectivity index (χ1v) is 9.72. The van der Waals surface area contributed by atoms with Crippen LogP contribution in [-0.2, 0) is 9.59 Å². The van der Waals surface area contributed by atoms with Gasteiger partial charge in [-0.25, -0.2) is 9.40 Å². The van der Waals surface area contributed by atoms with Gasteiger partial charge in [-0.15, -0.1) is 0 Å². The number of benzene rings is 2. The van der Waals surface area contributed by atoms with E-state index in [4.69, 9.17) is 9.47 Å². The molecule has 2 aromatic rings. The molecule has 0 saturated carbocycles. The number of anilines is 1. The summed E-state index contributed by atoms with van der Waals surface area (Å²) in [6.07, 6.45) is 1.45. The van der Waals surface area contributed by atoms with Crippen molar-refractivity contribution in [3.05, 3.63) is 57.8 Å². The van der Waals surface area contributed by atoms with Crippen LogP contribution in [0.25, 0.3) is 6.08 Å². The molecule has 0 aliphatic carbocycles. The van der Waals surface area contributed by atoms with Crippen LogP contribution in [0.4, 0.5) is 10.1 Å². The van der Waals surface area contributed by atoms with E-state index in [0.717, 1.165) is 5.01 Å². The lowest BCUT2D eigenvalue weighted by Crippen LogP contribution is -2.35. The van der Waals surface area contributed by atoms with E-state index < -0.39 is 17.6 Å². The zero-order chi connectivity index (χ0) is 21.1. The number of carbonyl (C=O) groups is 2. The van der Waals surface area contributed by atoms with Crippen LogP contribution in [0, 0.1) is 11.7 Å². The van der Waals surface area contributed by atoms with Gasteiger partial charge < -0.3 is 9.47 Å². The normalized spacial score (nSPS) is 15.2. The van der Waals surface area contributed by atoms with Crippen molar-refractivity contribution in [3.8, 4) is 11.5 Å². The van der Waals surface area contributed by atoms with Gasteiger partial charge in [0.05, 0.1) is 23.9 Å². The molecule has 1 heterocycles. The minimum atomic E-state index is -0.575. The summed E-state index contributed by atoms with van der Waals surface area (Å²) in [6, 6.07) is 8.83. The molecule has 0 unspecified atom stereocenters. The van der Waals surface area contributed by atoms with E-state index in [-0.39, 0.29) is 11.3 Å². The van der Waals surface area contributed by atoms with Crippen molar-refractivity contribution in [3.63, 3.8) is 0 Å². The molecule has 1 aliphatic rings. The first-order chi connectivity index (χ1) is 13.8. The quantitative estimate of drug-likeness (QED) is 0.518. The van der Waals surface area contributed by atoms with Crippen LogP contribution < -0.4 is 19.9 Å². The van der Waals surface area contributed by atoms with Crippen molar-refractivity contribution in [2.24, 2.45) is 5.92 Å². The van der Waals surface area contributed by atoms with Crippen molar-refractivity contribution in [1.82, 2.24) is 5.43 Å². The predicted octanol–water partition coefficient (Wildman–Crippen LogP) is 4.09. The standard InChI is InChI=1S/C21H20BrFN2O4/c1-12(2)11-29-19-17(22)8-13(9-18(19)28-3)7-16-20(26)24-25(21(16)27)15-6-4-5-14(23)10-15/h4-10,12H,11H2,1-3H3,(H,24,26)/b16-7-. The van der Waals surface area contributed by atoms with Gasteiger partial charge in [0.2, 0.25) is 0 Å². The Balaban J connectivity index is 1.92. The Labute approximate surface area is 176 Å². The van der Waals surface area contributed by atoms with E-state index in [2.05, 4.69) is 21.4 Å². The van der Waals surface area contributed by atoms with Crippen molar-refractivity contribution in [2.45, 2.75) is 13.8 Å². The van der Waals surface area contributed by atoms with Crippen molar-refractivity contribution in [1.29, 1.82) is 0 Å². The molecule has 2 amide bonds. The summed E-state index contributed by atoms with van der Waals surface area (Å²) >= 11 is 3.45. The molecule has 1 N–H and O–H groups in total.